The molecule has 0 aromatic rings. The predicted molar refractivity (Wildman–Crippen MR) is 42.3 cm³/mol. The van der Waals surface area contributed by atoms with E-state index in [1.807, 2.05) is 0 Å². The van der Waals surface area contributed by atoms with Crippen LogP contribution in [0.5, 0.6) is 0 Å². The molecular formula is C5H7ClN2OS. The number of nitrogens with two attached hydrogens (primary N) is 1. The molecule has 0 saturated heterocycles. The van der Waals surface area contributed by atoms with Crippen LogP contribution in [0.25, 0.3) is 0 Å². The molecule has 0 fully saturated rings. The first-order valence-electron chi connectivity index (χ1n) is 2.70. The number of alkyl halides is 1. The summed E-state index contributed by atoms with van der Waals surface area (Å²) in [5.74, 6) is -0.172. The lowest BCUT2D eigenvalue weighted by molar-refractivity contribution is -0.126. The van der Waals surface area contributed by atoms with Gasteiger partial charge in [-0.15, -0.1) is 11.6 Å². The van der Waals surface area contributed by atoms with E-state index in [0.29, 0.717) is 0 Å². The largest absolute Gasteiger partial charge is 0.302 e. The third-order valence-corrected chi connectivity index (χ3v) is 2.13. The van der Waals surface area contributed by atoms with Gasteiger partial charge in [0.15, 0.2) is 0 Å². The van der Waals surface area contributed by atoms with Crippen molar-refractivity contribution in [1.82, 2.24) is 4.90 Å². The van der Waals surface area contributed by atoms with E-state index in [2.05, 4.69) is 0 Å². The molecule has 1 amide bonds. The number of thioether (sulfide) groups is 1. The summed E-state index contributed by atoms with van der Waals surface area (Å²) in [5, 5.41) is 1.77. The van der Waals surface area contributed by atoms with Crippen molar-refractivity contribution in [3.05, 3.63) is 11.6 Å². The van der Waals surface area contributed by atoms with Crippen LogP contribution in [0.15, 0.2) is 11.6 Å². The van der Waals surface area contributed by atoms with Crippen LogP contribution in [-0.4, -0.2) is 22.2 Å². The van der Waals surface area contributed by atoms with Gasteiger partial charge in [-0.3, -0.25) is 9.69 Å². The highest BCUT2D eigenvalue weighted by atomic mass is 35.5. The van der Waals surface area contributed by atoms with Crippen molar-refractivity contribution in [2.45, 2.75) is 5.50 Å². The molecule has 1 rings (SSSR count). The van der Waals surface area contributed by atoms with Crippen LogP contribution in [0.3, 0.4) is 0 Å². The maximum absolute atomic E-state index is 10.9. The van der Waals surface area contributed by atoms with E-state index in [9.17, 15) is 4.79 Å². The van der Waals surface area contributed by atoms with Crippen LogP contribution in [0.4, 0.5) is 0 Å². The van der Waals surface area contributed by atoms with E-state index in [1.165, 1.54) is 16.7 Å². The third-order valence-electron chi connectivity index (χ3n) is 1.12. The molecular weight excluding hydrogens is 172 g/mol. The molecule has 0 spiro atoms. The number of carbonyl (C=O) groups is 1. The summed E-state index contributed by atoms with van der Waals surface area (Å²) >= 11 is 6.70. The number of carbonyl (C=O) groups excluding carboxylic acids is 1. The maximum atomic E-state index is 10.9. The normalized spacial score (nSPS) is 23.8. The molecule has 56 valence electrons. The number of hydrogen-bond acceptors (Lipinski definition) is 3. The second-order valence-electron chi connectivity index (χ2n) is 1.75. The van der Waals surface area contributed by atoms with Gasteiger partial charge >= 0.3 is 0 Å². The molecule has 0 radical (unpaired) electrons. The molecule has 3 nitrogen and oxygen atoms in total. The van der Waals surface area contributed by atoms with E-state index in [-0.39, 0.29) is 17.3 Å². The van der Waals surface area contributed by atoms with Gasteiger partial charge in [0.05, 0.1) is 0 Å². The van der Waals surface area contributed by atoms with Crippen molar-refractivity contribution in [3.63, 3.8) is 0 Å². The second-order valence-corrected chi connectivity index (χ2v) is 3.04. The van der Waals surface area contributed by atoms with Crippen molar-refractivity contribution in [2.24, 2.45) is 5.73 Å². The second kappa shape index (κ2) is 3.27. The fraction of sp³-hybridized carbons (Fsp3) is 0.400. The van der Waals surface area contributed by atoms with Gasteiger partial charge in [0.1, 0.15) is 11.4 Å². The van der Waals surface area contributed by atoms with Crippen molar-refractivity contribution >= 4 is 29.3 Å². The summed E-state index contributed by atoms with van der Waals surface area (Å²) < 4.78 is 0. The summed E-state index contributed by atoms with van der Waals surface area (Å²) in [7, 11) is 0. The summed E-state index contributed by atoms with van der Waals surface area (Å²) in [6.45, 7) is 0. The number of rotatable bonds is 1. The molecule has 0 saturated carbocycles. The molecule has 1 unspecified atom stereocenters. The fourth-order valence-electron chi connectivity index (χ4n) is 0.626. The van der Waals surface area contributed by atoms with Gasteiger partial charge < -0.3 is 5.73 Å². The van der Waals surface area contributed by atoms with Gasteiger partial charge in [-0.05, 0) is 5.41 Å². The minimum absolute atomic E-state index is 0.0153. The highest BCUT2D eigenvalue weighted by Gasteiger charge is 2.20. The zero-order chi connectivity index (χ0) is 7.56. The van der Waals surface area contributed by atoms with Crippen LogP contribution in [0.2, 0.25) is 0 Å². The monoisotopic (exact) mass is 178 g/mol. The molecule has 1 aliphatic heterocycles. The SMILES string of the molecule is NC1SC=CN1C(=O)CCl. The predicted octanol–water partition coefficient (Wildman–Crippen LogP) is 0.514. The average Bonchev–Trinajstić information content (AvgIpc) is 2.34. The molecule has 5 heteroatoms. The van der Waals surface area contributed by atoms with Crippen LogP contribution in [-0.2, 0) is 4.79 Å². The minimum atomic E-state index is -0.286. The van der Waals surface area contributed by atoms with E-state index >= 15 is 0 Å². The molecule has 1 atom stereocenters. The third kappa shape index (κ3) is 1.45. The van der Waals surface area contributed by atoms with Gasteiger partial charge in [-0.2, -0.15) is 0 Å². The first-order chi connectivity index (χ1) is 4.75. The quantitative estimate of drug-likeness (QED) is 0.596. The number of hydrogen-bond donors (Lipinski definition) is 1. The maximum Gasteiger partial charge on any atom is 0.243 e. The zero-order valence-electron chi connectivity index (χ0n) is 5.16. The lowest BCUT2D eigenvalue weighted by Gasteiger charge is -2.16. The number of amides is 1. The van der Waals surface area contributed by atoms with Crippen LogP contribution in [0.1, 0.15) is 0 Å². The lowest BCUT2D eigenvalue weighted by Crippen LogP contribution is -2.37. The van der Waals surface area contributed by atoms with E-state index in [1.54, 1.807) is 11.6 Å². The van der Waals surface area contributed by atoms with Crippen LogP contribution in [0, 0.1) is 0 Å². The molecule has 1 aliphatic rings. The van der Waals surface area contributed by atoms with Crippen LogP contribution < -0.4 is 5.73 Å². The molecule has 2 N–H and O–H groups in total. The van der Waals surface area contributed by atoms with E-state index in [4.69, 9.17) is 17.3 Å². The van der Waals surface area contributed by atoms with E-state index < -0.39 is 0 Å². The Labute approximate surface area is 68.2 Å². The van der Waals surface area contributed by atoms with Gasteiger partial charge in [0, 0.05) is 6.20 Å². The fourth-order valence-corrected chi connectivity index (χ4v) is 1.45. The van der Waals surface area contributed by atoms with Crippen molar-refractivity contribution in [1.29, 1.82) is 0 Å². The molecule has 1 heterocycles. The van der Waals surface area contributed by atoms with Gasteiger partial charge in [-0.25, -0.2) is 0 Å². The molecule has 0 bridgehead atoms. The number of halogens is 1. The van der Waals surface area contributed by atoms with Crippen molar-refractivity contribution in [3.8, 4) is 0 Å². The Morgan fingerprint density at radius 1 is 1.90 bits per heavy atom. The molecule has 0 aromatic heterocycles. The summed E-state index contributed by atoms with van der Waals surface area (Å²) in [6.07, 6.45) is 1.64. The summed E-state index contributed by atoms with van der Waals surface area (Å²) in [4.78, 5) is 12.3. The van der Waals surface area contributed by atoms with Gasteiger partial charge in [0.25, 0.3) is 0 Å². The van der Waals surface area contributed by atoms with E-state index in [0.717, 1.165) is 0 Å². The van der Waals surface area contributed by atoms with Crippen LogP contribution >= 0.6 is 23.4 Å². The lowest BCUT2D eigenvalue weighted by atomic mass is 10.6. The smallest absolute Gasteiger partial charge is 0.243 e. The number of nitrogens with zero attached hydrogens (tertiary/aromatic N) is 1. The van der Waals surface area contributed by atoms with Gasteiger partial charge in [0.2, 0.25) is 5.91 Å². The Hall–Kier alpha value is -0.190. The first-order valence-corrected chi connectivity index (χ1v) is 4.18. The molecule has 0 aliphatic carbocycles. The standard InChI is InChI=1S/C5H7ClN2OS/c6-3-4(9)8-1-2-10-5(8)7/h1-2,5H,3,7H2. The van der Waals surface area contributed by atoms with Crippen molar-refractivity contribution in [2.75, 3.05) is 5.88 Å². The Morgan fingerprint density at radius 3 is 3.00 bits per heavy atom. The Bertz CT molecular complexity index is 173. The Morgan fingerprint density at radius 2 is 2.60 bits per heavy atom. The highest BCUT2D eigenvalue weighted by Crippen LogP contribution is 2.20. The molecule has 10 heavy (non-hydrogen) atoms. The summed E-state index contributed by atoms with van der Waals surface area (Å²) in [5.41, 5.74) is 5.22. The van der Waals surface area contributed by atoms with Gasteiger partial charge in [-0.1, -0.05) is 11.8 Å². The zero-order valence-corrected chi connectivity index (χ0v) is 6.73. The summed E-state index contributed by atoms with van der Waals surface area (Å²) in [6, 6.07) is 0. The topological polar surface area (TPSA) is 46.3 Å². The highest BCUT2D eigenvalue weighted by molar-refractivity contribution is 8.02. The Kier molecular flexibility index (Phi) is 2.59. The van der Waals surface area contributed by atoms with Crippen molar-refractivity contribution < 1.29 is 4.79 Å². The minimum Gasteiger partial charge on any atom is -0.302 e. The first kappa shape index (κ1) is 7.91. The molecule has 0 aromatic carbocycles. The average molecular weight is 179 g/mol. The Balaban J connectivity index is 2.55.